The van der Waals surface area contributed by atoms with Gasteiger partial charge in [0, 0.05) is 5.56 Å². The molecule has 0 aliphatic heterocycles. The maximum absolute atomic E-state index is 11.1. The van der Waals surface area contributed by atoms with E-state index in [0.717, 1.165) is 16.7 Å². The largest absolute Gasteiger partial charge is 0.476 e. The molecule has 0 aliphatic rings. The molecule has 0 unspecified atom stereocenters. The Labute approximate surface area is 114 Å². The van der Waals surface area contributed by atoms with Crippen molar-refractivity contribution < 1.29 is 9.90 Å². The first-order valence-electron chi connectivity index (χ1n) is 6.06. The summed E-state index contributed by atoms with van der Waals surface area (Å²) in [6, 6.07) is 17.4. The monoisotopic (exact) mass is 265 g/mol. The van der Waals surface area contributed by atoms with E-state index in [1.165, 1.54) is 0 Å². The molecule has 0 radical (unpaired) electrons. The first-order valence-corrected chi connectivity index (χ1v) is 6.06. The number of aromatic nitrogens is 3. The molecular formula is C15H11N3O2. The normalized spacial score (nSPS) is 10.4. The van der Waals surface area contributed by atoms with Gasteiger partial charge in [-0.05, 0) is 17.2 Å². The molecule has 0 saturated carbocycles. The predicted molar refractivity (Wildman–Crippen MR) is 74.2 cm³/mol. The molecule has 2 aromatic carbocycles. The smallest absolute Gasteiger partial charge is 0.356 e. The molecule has 0 aliphatic carbocycles. The van der Waals surface area contributed by atoms with E-state index >= 15 is 0 Å². The number of carboxylic acid groups (broad SMARTS) is 1. The van der Waals surface area contributed by atoms with Gasteiger partial charge in [-0.15, -0.1) is 5.10 Å². The van der Waals surface area contributed by atoms with Gasteiger partial charge in [0.1, 0.15) is 5.69 Å². The maximum Gasteiger partial charge on any atom is 0.356 e. The zero-order valence-corrected chi connectivity index (χ0v) is 10.4. The van der Waals surface area contributed by atoms with Gasteiger partial charge in [-0.2, -0.15) is 0 Å². The van der Waals surface area contributed by atoms with E-state index in [1.807, 2.05) is 54.6 Å². The van der Waals surface area contributed by atoms with Crippen molar-refractivity contribution in [1.82, 2.24) is 15.4 Å². The molecule has 5 nitrogen and oxygen atoms in total. The lowest BCUT2D eigenvalue weighted by Gasteiger charge is -2.04. The second-order valence-corrected chi connectivity index (χ2v) is 4.29. The van der Waals surface area contributed by atoms with Crippen molar-refractivity contribution in [1.29, 1.82) is 0 Å². The van der Waals surface area contributed by atoms with Crippen molar-refractivity contribution >= 4 is 5.97 Å². The zero-order chi connectivity index (χ0) is 13.9. The summed E-state index contributed by atoms with van der Waals surface area (Å²) in [6.45, 7) is 0. The van der Waals surface area contributed by atoms with E-state index in [-0.39, 0.29) is 5.69 Å². The topological polar surface area (TPSA) is 78.9 Å². The Morgan fingerprint density at radius 1 is 0.950 bits per heavy atom. The van der Waals surface area contributed by atoms with Crippen molar-refractivity contribution in [2.45, 2.75) is 0 Å². The third-order valence-electron chi connectivity index (χ3n) is 3.01. The molecule has 0 spiro atoms. The molecule has 98 valence electrons. The first kappa shape index (κ1) is 12.1. The van der Waals surface area contributed by atoms with E-state index in [2.05, 4.69) is 15.4 Å². The van der Waals surface area contributed by atoms with Crippen LogP contribution in [0, 0.1) is 0 Å². The summed E-state index contributed by atoms with van der Waals surface area (Å²) in [4.78, 5) is 11.1. The van der Waals surface area contributed by atoms with Crippen LogP contribution < -0.4 is 0 Å². The summed E-state index contributed by atoms with van der Waals surface area (Å²) in [5, 5.41) is 18.9. The summed E-state index contributed by atoms with van der Waals surface area (Å²) >= 11 is 0. The Hall–Kier alpha value is -2.95. The average Bonchev–Trinajstić information content (AvgIpc) is 2.98. The van der Waals surface area contributed by atoms with E-state index in [0.29, 0.717) is 5.69 Å². The van der Waals surface area contributed by atoms with Crippen LogP contribution in [-0.4, -0.2) is 26.5 Å². The molecule has 0 bridgehead atoms. The predicted octanol–water partition coefficient (Wildman–Crippen LogP) is 2.84. The van der Waals surface area contributed by atoms with Gasteiger partial charge in [-0.25, -0.2) is 4.79 Å². The van der Waals surface area contributed by atoms with Crippen molar-refractivity contribution in [3.05, 3.63) is 60.3 Å². The van der Waals surface area contributed by atoms with E-state index in [9.17, 15) is 4.79 Å². The van der Waals surface area contributed by atoms with Gasteiger partial charge in [-0.3, -0.25) is 5.10 Å². The third kappa shape index (κ3) is 2.16. The van der Waals surface area contributed by atoms with E-state index in [4.69, 9.17) is 5.11 Å². The highest BCUT2D eigenvalue weighted by atomic mass is 16.4. The Morgan fingerprint density at radius 3 is 2.40 bits per heavy atom. The van der Waals surface area contributed by atoms with Crippen LogP contribution in [0.1, 0.15) is 10.5 Å². The minimum Gasteiger partial charge on any atom is -0.476 e. The highest BCUT2D eigenvalue weighted by Gasteiger charge is 2.16. The Kier molecular flexibility index (Phi) is 3.01. The molecule has 5 heteroatoms. The molecule has 2 N–H and O–H groups in total. The fourth-order valence-electron chi connectivity index (χ4n) is 2.06. The van der Waals surface area contributed by atoms with Gasteiger partial charge in [0.15, 0.2) is 5.69 Å². The highest BCUT2D eigenvalue weighted by molar-refractivity contribution is 5.92. The SMILES string of the molecule is O=C(O)c1[nH]nnc1-c1cccc(-c2ccccc2)c1. The Balaban J connectivity index is 2.08. The molecule has 0 amide bonds. The van der Waals surface area contributed by atoms with Crippen LogP contribution in [0.25, 0.3) is 22.4 Å². The van der Waals surface area contributed by atoms with Crippen LogP contribution in [0.2, 0.25) is 0 Å². The molecule has 0 atom stereocenters. The molecule has 1 heterocycles. The zero-order valence-electron chi connectivity index (χ0n) is 10.4. The van der Waals surface area contributed by atoms with Crippen LogP contribution in [0.4, 0.5) is 0 Å². The van der Waals surface area contributed by atoms with Crippen LogP contribution in [0.5, 0.6) is 0 Å². The minimum absolute atomic E-state index is 0.00443. The summed E-state index contributed by atoms with van der Waals surface area (Å²) < 4.78 is 0. The van der Waals surface area contributed by atoms with Gasteiger partial charge in [-0.1, -0.05) is 53.7 Å². The number of nitrogens with one attached hydrogen (secondary N) is 1. The van der Waals surface area contributed by atoms with Gasteiger partial charge in [0.05, 0.1) is 0 Å². The molecule has 20 heavy (non-hydrogen) atoms. The van der Waals surface area contributed by atoms with Gasteiger partial charge in [0.25, 0.3) is 0 Å². The number of aromatic carboxylic acids is 1. The number of rotatable bonds is 3. The molecule has 0 saturated heterocycles. The van der Waals surface area contributed by atoms with Crippen molar-refractivity contribution in [3.63, 3.8) is 0 Å². The number of nitrogens with zero attached hydrogens (tertiary/aromatic N) is 2. The quantitative estimate of drug-likeness (QED) is 0.763. The van der Waals surface area contributed by atoms with Gasteiger partial charge < -0.3 is 5.11 Å². The second kappa shape index (κ2) is 4.97. The molecule has 3 aromatic rings. The highest BCUT2D eigenvalue weighted by Crippen LogP contribution is 2.26. The van der Waals surface area contributed by atoms with E-state index < -0.39 is 5.97 Å². The van der Waals surface area contributed by atoms with Crippen molar-refractivity contribution in [2.75, 3.05) is 0 Å². The first-order chi connectivity index (χ1) is 9.75. The van der Waals surface area contributed by atoms with E-state index in [1.54, 1.807) is 0 Å². The lowest BCUT2D eigenvalue weighted by Crippen LogP contribution is -1.99. The summed E-state index contributed by atoms with van der Waals surface area (Å²) in [5.41, 5.74) is 3.13. The summed E-state index contributed by atoms with van der Waals surface area (Å²) in [6.07, 6.45) is 0. The maximum atomic E-state index is 11.1. The number of benzene rings is 2. The number of carboxylic acids is 1. The van der Waals surface area contributed by atoms with Gasteiger partial charge in [0.2, 0.25) is 0 Å². The summed E-state index contributed by atoms with van der Waals surface area (Å²) in [5.74, 6) is -1.07. The fourth-order valence-corrected chi connectivity index (χ4v) is 2.06. The minimum atomic E-state index is -1.07. The fraction of sp³-hybridized carbons (Fsp3) is 0. The second-order valence-electron chi connectivity index (χ2n) is 4.29. The molecule has 0 fully saturated rings. The average molecular weight is 265 g/mol. The number of aromatic amines is 1. The lowest BCUT2D eigenvalue weighted by molar-refractivity contribution is 0.0691. The third-order valence-corrected chi connectivity index (χ3v) is 3.01. The standard InChI is InChI=1S/C15H11N3O2/c19-15(20)14-13(16-18-17-14)12-8-4-7-11(9-12)10-5-2-1-3-6-10/h1-9H,(H,19,20)(H,16,17,18). The Morgan fingerprint density at radius 2 is 1.65 bits per heavy atom. The molecule has 3 rings (SSSR count). The molecular weight excluding hydrogens is 254 g/mol. The van der Waals surface area contributed by atoms with Gasteiger partial charge >= 0.3 is 5.97 Å². The summed E-state index contributed by atoms with van der Waals surface area (Å²) in [7, 11) is 0. The number of hydrogen-bond acceptors (Lipinski definition) is 3. The Bertz CT molecular complexity index is 751. The lowest BCUT2D eigenvalue weighted by atomic mass is 10.0. The van der Waals surface area contributed by atoms with Crippen LogP contribution in [0.15, 0.2) is 54.6 Å². The molecule has 1 aromatic heterocycles. The number of hydrogen-bond donors (Lipinski definition) is 2. The van der Waals surface area contributed by atoms with Crippen molar-refractivity contribution in [2.24, 2.45) is 0 Å². The van der Waals surface area contributed by atoms with Crippen LogP contribution in [0.3, 0.4) is 0 Å². The van der Waals surface area contributed by atoms with Crippen LogP contribution >= 0.6 is 0 Å². The van der Waals surface area contributed by atoms with Crippen molar-refractivity contribution in [3.8, 4) is 22.4 Å². The number of carbonyl (C=O) groups is 1. The number of H-pyrrole nitrogens is 1. The van der Waals surface area contributed by atoms with Crippen LogP contribution in [-0.2, 0) is 0 Å².